The molecule has 0 aliphatic carbocycles. The standard InChI is InChI=1S/CH4N2O4S2/c2-9(6,7)8-3-1(4)5/h3H,(H,4,5)(H2,2,6,7). The average Bonchev–Trinajstić information content (AvgIpc) is 1.59. The fourth-order valence-corrected chi connectivity index (χ4v) is 0.843. The van der Waals surface area contributed by atoms with Crippen molar-refractivity contribution in [2.45, 2.75) is 0 Å². The number of carbonyl (C=O) groups is 1. The average molecular weight is 172 g/mol. The van der Waals surface area contributed by atoms with E-state index in [9.17, 15) is 13.2 Å². The van der Waals surface area contributed by atoms with Crippen LogP contribution in [0.4, 0.5) is 4.79 Å². The van der Waals surface area contributed by atoms with Gasteiger partial charge in [-0.25, -0.2) is 9.93 Å². The molecular formula is CH4N2O4S2. The van der Waals surface area contributed by atoms with E-state index in [0.717, 1.165) is 0 Å². The van der Waals surface area contributed by atoms with Gasteiger partial charge in [0.05, 0.1) is 0 Å². The lowest BCUT2D eigenvalue weighted by Crippen LogP contribution is -2.19. The molecule has 0 aromatic carbocycles. The summed E-state index contributed by atoms with van der Waals surface area (Å²) in [5.41, 5.74) is 0. The lowest BCUT2D eigenvalue weighted by atomic mass is 11.3. The molecule has 6 nitrogen and oxygen atoms in total. The SMILES string of the molecule is NS(=O)(=O)SNC(=O)O. The van der Waals surface area contributed by atoms with Crippen molar-refractivity contribution >= 4 is 26.1 Å². The first-order valence-corrected chi connectivity index (χ1v) is 4.50. The van der Waals surface area contributed by atoms with Crippen LogP contribution < -0.4 is 9.86 Å². The second-order valence-electron chi connectivity index (χ2n) is 0.983. The minimum absolute atomic E-state index is 0.0579. The predicted molar refractivity (Wildman–Crippen MR) is 31.9 cm³/mol. The van der Waals surface area contributed by atoms with Gasteiger partial charge in [0.2, 0.25) is 0 Å². The molecule has 0 saturated heterocycles. The van der Waals surface area contributed by atoms with E-state index >= 15 is 0 Å². The second-order valence-corrected chi connectivity index (χ2v) is 4.23. The molecule has 0 unspecified atom stereocenters. The number of nitrogens with one attached hydrogen (secondary N) is 1. The van der Waals surface area contributed by atoms with E-state index < -0.39 is 15.1 Å². The third kappa shape index (κ3) is 7.53. The van der Waals surface area contributed by atoms with E-state index in [0.29, 0.717) is 0 Å². The summed E-state index contributed by atoms with van der Waals surface area (Å²) in [6, 6.07) is 0. The largest absolute Gasteiger partial charge is 0.464 e. The molecule has 54 valence electrons. The van der Waals surface area contributed by atoms with E-state index in [4.69, 9.17) is 5.11 Å². The van der Waals surface area contributed by atoms with Crippen molar-refractivity contribution in [1.29, 1.82) is 0 Å². The Morgan fingerprint density at radius 1 is 1.67 bits per heavy atom. The normalized spacial score (nSPS) is 10.8. The maximum absolute atomic E-state index is 9.95. The van der Waals surface area contributed by atoms with Crippen LogP contribution in [0.15, 0.2) is 0 Å². The van der Waals surface area contributed by atoms with Gasteiger partial charge in [-0.1, -0.05) is 0 Å². The fourth-order valence-electron chi connectivity index (χ4n) is 0.0937. The third-order valence-corrected chi connectivity index (χ3v) is 1.68. The summed E-state index contributed by atoms with van der Waals surface area (Å²) < 4.78 is 21.4. The first-order valence-electron chi connectivity index (χ1n) is 1.62. The Morgan fingerprint density at radius 2 is 2.11 bits per heavy atom. The molecule has 0 spiro atoms. The van der Waals surface area contributed by atoms with Crippen LogP contribution in [0, 0.1) is 0 Å². The van der Waals surface area contributed by atoms with Gasteiger partial charge in [0, 0.05) is 0 Å². The Morgan fingerprint density at radius 3 is 2.22 bits per heavy atom. The highest BCUT2D eigenvalue weighted by Crippen LogP contribution is 1.98. The smallest absolute Gasteiger partial charge is 0.415 e. The molecule has 1 amide bonds. The molecule has 0 fully saturated rings. The quantitative estimate of drug-likeness (QED) is 0.369. The summed E-state index contributed by atoms with van der Waals surface area (Å²) >= 11 is 0. The molecule has 9 heavy (non-hydrogen) atoms. The van der Waals surface area contributed by atoms with Crippen LogP contribution in [0.3, 0.4) is 0 Å². The monoisotopic (exact) mass is 172 g/mol. The van der Waals surface area contributed by atoms with Gasteiger partial charge in [0.25, 0.3) is 9.06 Å². The van der Waals surface area contributed by atoms with Gasteiger partial charge in [0.15, 0.2) is 0 Å². The van der Waals surface area contributed by atoms with Gasteiger partial charge in [-0.3, -0.25) is 4.72 Å². The van der Waals surface area contributed by atoms with Gasteiger partial charge in [-0.15, -0.1) is 0 Å². The first-order chi connectivity index (χ1) is 3.92. The first kappa shape index (κ1) is 8.53. The molecule has 4 N–H and O–H groups in total. The Hall–Kier alpha value is -0.470. The molecule has 0 saturated carbocycles. The molecule has 0 aliphatic heterocycles. The van der Waals surface area contributed by atoms with Crippen LogP contribution in [0.1, 0.15) is 0 Å². The molecule has 0 heterocycles. The number of hydrogen-bond donors (Lipinski definition) is 3. The van der Waals surface area contributed by atoms with Gasteiger partial charge in [0.1, 0.15) is 11.0 Å². The van der Waals surface area contributed by atoms with Gasteiger partial charge >= 0.3 is 6.09 Å². The van der Waals surface area contributed by atoms with E-state index in [-0.39, 0.29) is 11.0 Å². The molecule has 8 heteroatoms. The summed E-state index contributed by atoms with van der Waals surface area (Å²) in [6.07, 6.45) is -1.45. The predicted octanol–water partition coefficient (Wildman–Crippen LogP) is -0.894. The Kier molecular flexibility index (Phi) is 2.74. The molecule has 0 aromatic heterocycles. The van der Waals surface area contributed by atoms with Gasteiger partial charge in [-0.2, -0.15) is 8.42 Å². The highest BCUT2D eigenvalue weighted by molar-refractivity contribution is 8.70. The summed E-state index contributed by atoms with van der Waals surface area (Å²) in [4.78, 5) is 9.59. The molecule has 0 aromatic rings. The van der Waals surface area contributed by atoms with Crippen LogP contribution >= 0.6 is 11.0 Å². The number of hydrogen-bond acceptors (Lipinski definition) is 4. The maximum atomic E-state index is 9.95. The maximum Gasteiger partial charge on any atom is 0.415 e. The van der Waals surface area contributed by atoms with E-state index in [1.54, 1.807) is 0 Å². The Balaban J connectivity index is 3.67. The zero-order chi connectivity index (χ0) is 7.49. The minimum atomic E-state index is -3.79. The molecule has 0 rings (SSSR count). The Labute approximate surface area is 55.0 Å². The number of nitrogens with two attached hydrogens (primary N) is 1. The van der Waals surface area contributed by atoms with Crippen LogP contribution in [-0.2, 0) is 9.06 Å². The highest BCUT2D eigenvalue weighted by atomic mass is 33.1. The Bertz CT molecular complexity index is 195. The summed E-state index contributed by atoms with van der Waals surface area (Å²) in [5, 5.41) is 12.2. The van der Waals surface area contributed by atoms with E-state index in [1.165, 1.54) is 4.72 Å². The van der Waals surface area contributed by atoms with Crippen molar-refractivity contribution in [2.24, 2.45) is 5.14 Å². The van der Waals surface area contributed by atoms with Crippen LogP contribution in [-0.4, -0.2) is 19.6 Å². The minimum Gasteiger partial charge on any atom is -0.464 e. The molecule has 0 radical (unpaired) electrons. The molecular weight excluding hydrogens is 168 g/mol. The van der Waals surface area contributed by atoms with Gasteiger partial charge < -0.3 is 5.11 Å². The summed E-state index contributed by atoms with van der Waals surface area (Å²) in [6.45, 7) is 0. The number of rotatable bonds is 2. The fraction of sp³-hybridized carbons (Fsp3) is 0. The second kappa shape index (κ2) is 2.90. The lowest BCUT2D eigenvalue weighted by Gasteiger charge is -1.92. The lowest BCUT2D eigenvalue weighted by molar-refractivity contribution is 0.202. The molecule has 0 atom stereocenters. The number of carboxylic acid groups (broad SMARTS) is 1. The van der Waals surface area contributed by atoms with E-state index in [2.05, 4.69) is 5.14 Å². The van der Waals surface area contributed by atoms with Crippen LogP contribution in [0.2, 0.25) is 0 Å². The van der Waals surface area contributed by atoms with Crippen molar-refractivity contribution in [3.63, 3.8) is 0 Å². The topological polar surface area (TPSA) is 109 Å². The van der Waals surface area contributed by atoms with Gasteiger partial charge in [-0.05, 0) is 0 Å². The third-order valence-electron chi connectivity index (χ3n) is 0.245. The molecule has 0 bridgehead atoms. The van der Waals surface area contributed by atoms with Crippen molar-refractivity contribution in [2.75, 3.05) is 0 Å². The highest BCUT2D eigenvalue weighted by Gasteiger charge is 2.04. The van der Waals surface area contributed by atoms with Crippen molar-refractivity contribution in [3.05, 3.63) is 0 Å². The van der Waals surface area contributed by atoms with Crippen molar-refractivity contribution in [3.8, 4) is 0 Å². The van der Waals surface area contributed by atoms with Crippen LogP contribution in [0.5, 0.6) is 0 Å². The van der Waals surface area contributed by atoms with E-state index in [1.807, 2.05) is 0 Å². The van der Waals surface area contributed by atoms with Crippen molar-refractivity contribution < 1.29 is 18.3 Å². The zero-order valence-electron chi connectivity index (χ0n) is 4.07. The molecule has 0 aliphatic rings. The summed E-state index contributed by atoms with van der Waals surface area (Å²) in [5.74, 6) is 0. The summed E-state index contributed by atoms with van der Waals surface area (Å²) in [7, 11) is -3.85. The van der Waals surface area contributed by atoms with Crippen molar-refractivity contribution in [1.82, 2.24) is 4.72 Å². The zero-order valence-corrected chi connectivity index (χ0v) is 5.70. The van der Waals surface area contributed by atoms with Crippen LogP contribution in [0.25, 0.3) is 0 Å². The number of amides is 1.